The van der Waals surface area contributed by atoms with Gasteiger partial charge in [0, 0.05) is 16.6 Å². The monoisotopic (exact) mass is 251 g/mol. The van der Waals surface area contributed by atoms with Crippen LogP contribution >= 0.6 is 0 Å². The van der Waals surface area contributed by atoms with Crippen molar-refractivity contribution in [3.63, 3.8) is 0 Å². The number of carbonyl (C=O) groups excluding carboxylic acids is 1. The summed E-state index contributed by atoms with van der Waals surface area (Å²) in [5.41, 5.74) is -0.247. The van der Waals surface area contributed by atoms with Crippen molar-refractivity contribution < 1.29 is 9.18 Å². The topological polar surface area (TPSA) is 20.3 Å². The van der Waals surface area contributed by atoms with E-state index in [0.29, 0.717) is 5.56 Å². The van der Waals surface area contributed by atoms with Crippen LogP contribution in [0.25, 0.3) is 0 Å². The number of halogens is 1. The first kappa shape index (κ1) is 14.7. The van der Waals surface area contributed by atoms with Crippen LogP contribution in [-0.2, 0) is 0 Å². The molecule has 0 aliphatic rings. The molecule has 0 radical (unpaired) electrons. The molecule has 0 heterocycles. The van der Waals surface area contributed by atoms with Crippen LogP contribution in [0.2, 0.25) is 0 Å². The van der Waals surface area contributed by atoms with E-state index in [1.54, 1.807) is 17.0 Å². The van der Waals surface area contributed by atoms with E-state index in [4.69, 9.17) is 0 Å². The minimum atomic E-state index is -0.386. The Hall–Kier alpha value is -1.38. The minimum absolute atomic E-state index is 0.144. The van der Waals surface area contributed by atoms with Gasteiger partial charge >= 0.3 is 0 Å². The molecule has 0 bridgehead atoms. The first-order valence-corrected chi connectivity index (χ1v) is 6.14. The fourth-order valence-electron chi connectivity index (χ4n) is 2.37. The summed E-state index contributed by atoms with van der Waals surface area (Å²) >= 11 is 0. The number of rotatable bonds is 1. The highest BCUT2D eigenvalue weighted by atomic mass is 19.1. The highest BCUT2D eigenvalue weighted by Crippen LogP contribution is 2.27. The van der Waals surface area contributed by atoms with E-state index in [2.05, 4.69) is 0 Å². The van der Waals surface area contributed by atoms with Crippen molar-refractivity contribution in [2.75, 3.05) is 0 Å². The van der Waals surface area contributed by atoms with Gasteiger partial charge in [0.05, 0.1) is 0 Å². The maximum atomic E-state index is 13.2. The van der Waals surface area contributed by atoms with Gasteiger partial charge in [-0.05, 0) is 59.7 Å². The van der Waals surface area contributed by atoms with E-state index in [-0.39, 0.29) is 22.8 Å². The molecule has 1 amide bonds. The molecule has 100 valence electrons. The Labute approximate surface area is 109 Å². The van der Waals surface area contributed by atoms with Gasteiger partial charge in [0.25, 0.3) is 5.91 Å². The predicted molar refractivity (Wildman–Crippen MR) is 72.1 cm³/mol. The lowest BCUT2D eigenvalue weighted by atomic mass is 9.94. The molecule has 0 atom stereocenters. The normalized spacial score (nSPS) is 12.4. The van der Waals surface area contributed by atoms with E-state index < -0.39 is 0 Å². The fraction of sp³-hybridized carbons (Fsp3) is 0.533. The summed E-state index contributed by atoms with van der Waals surface area (Å²) < 4.78 is 13.2. The van der Waals surface area contributed by atoms with E-state index in [1.807, 2.05) is 41.5 Å². The number of nitrogens with zero attached hydrogens (tertiary/aromatic N) is 1. The molecule has 1 aromatic rings. The number of hydrogen-bond acceptors (Lipinski definition) is 1. The van der Waals surface area contributed by atoms with Crippen LogP contribution in [0, 0.1) is 5.82 Å². The Morgan fingerprint density at radius 3 is 1.94 bits per heavy atom. The molecule has 1 aromatic carbocycles. The minimum Gasteiger partial charge on any atom is -0.329 e. The number of amides is 1. The molecule has 0 saturated carbocycles. The summed E-state index contributed by atoms with van der Waals surface area (Å²) in [4.78, 5) is 14.3. The molecule has 0 aliphatic heterocycles. The van der Waals surface area contributed by atoms with Gasteiger partial charge in [0.1, 0.15) is 5.82 Å². The second kappa shape index (κ2) is 4.71. The summed E-state index contributed by atoms with van der Waals surface area (Å²) in [7, 11) is 0. The number of hydrogen-bond donors (Lipinski definition) is 0. The van der Waals surface area contributed by atoms with Crippen molar-refractivity contribution in [3.8, 4) is 0 Å². The van der Waals surface area contributed by atoms with E-state index in [9.17, 15) is 9.18 Å². The SMILES string of the molecule is CC(C)(C)N(C(=O)c1cccc(F)c1)C(C)(C)C. The van der Waals surface area contributed by atoms with Crippen LogP contribution in [0.5, 0.6) is 0 Å². The van der Waals surface area contributed by atoms with Crippen molar-refractivity contribution in [3.05, 3.63) is 35.6 Å². The predicted octanol–water partition coefficient (Wildman–Crippen LogP) is 3.86. The summed E-state index contributed by atoms with van der Waals surface area (Å²) in [5, 5.41) is 0. The standard InChI is InChI=1S/C15H22FNO/c1-14(2,3)17(15(4,5)6)13(18)11-8-7-9-12(16)10-11/h7-10H,1-6H3. The van der Waals surface area contributed by atoms with Crippen LogP contribution in [-0.4, -0.2) is 21.9 Å². The molecule has 0 aromatic heterocycles. The quantitative estimate of drug-likeness (QED) is 0.742. The van der Waals surface area contributed by atoms with Gasteiger partial charge in [-0.3, -0.25) is 4.79 Å². The third-order valence-corrected chi connectivity index (χ3v) is 2.62. The van der Waals surface area contributed by atoms with Crippen LogP contribution in [0.15, 0.2) is 24.3 Å². The molecule has 0 N–H and O–H groups in total. The average molecular weight is 251 g/mol. The Balaban J connectivity index is 3.20. The zero-order valence-corrected chi connectivity index (χ0v) is 12.0. The second-order valence-corrected chi connectivity index (χ2v) is 6.49. The van der Waals surface area contributed by atoms with Crippen LogP contribution in [0.3, 0.4) is 0 Å². The molecule has 18 heavy (non-hydrogen) atoms. The lowest BCUT2D eigenvalue weighted by Gasteiger charge is -2.45. The average Bonchev–Trinajstić information content (AvgIpc) is 2.12. The Morgan fingerprint density at radius 2 is 1.56 bits per heavy atom. The molecule has 0 spiro atoms. The zero-order chi connectivity index (χ0) is 14.1. The Morgan fingerprint density at radius 1 is 1.06 bits per heavy atom. The molecule has 0 fully saturated rings. The third-order valence-electron chi connectivity index (χ3n) is 2.62. The highest BCUT2D eigenvalue weighted by Gasteiger charge is 2.36. The molecular weight excluding hydrogens is 229 g/mol. The van der Waals surface area contributed by atoms with Crippen LogP contribution in [0.1, 0.15) is 51.9 Å². The number of carbonyl (C=O) groups is 1. The largest absolute Gasteiger partial charge is 0.329 e. The maximum absolute atomic E-state index is 13.2. The Bertz CT molecular complexity index is 427. The van der Waals surface area contributed by atoms with Gasteiger partial charge in [0.15, 0.2) is 0 Å². The van der Waals surface area contributed by atoms with Gasteiger partial charge in [-0.15, -0.1) is 0 Å². The van der Waals surface area contributed by atoms with Gasteiger partial charge in [0.2, 0.25) is 0 Å². The molecular formula is C15H22FNO. The molecule has 1 rings (SSSR count). The first-order valence-electron chi connectivity index (χ1n) is 6.14. The third kappa shape index (κ3) is 3.31. The smallest absolute Gasteiger partial charge is 0.254 e. The molecule has 0 unspecified atom stereocenters. The van der Waals surface area contributed by atoms with Gasteiger partial charge in [-0.1, -0.05) is 6.07 Å². The second-order valence-electron chi connectivity index (χ2n) is 6.49. The van der Waals surface area contributed by atoms with E-state index in [0.717, 1.165) is 0 Å². The lowest BCUT2D eigenvalue weighted by Crippen LogP contribution is -2.55. The van der Waals surface area contributed by atoms with Crippen molar-refractivity contribution in [2.45, 2.75) is 52.6 Å². The molecule has 0 saturated heterocycles. The van der Waals surface area contributed by atoms with Crippen molar-refractivity contribution in [1.29, 1.82) is 0 Å². The highest BCUT2D eigenvalue weighted by molar-refractivity contribution is 5.95. The van der Waals surface area contributed by atoms with E-state index in [1.165, 1.54) is 12.1 Å². The molecule has 0 aliphatic carbocycles. The van der Waals surface area contributed by atoms with Gasteiger partial charge in [-0.25, -0.2) is 4.39 Å². The van der Waals surface area contributed by atoms with Crippen LogP contribution in [0.4, 0.5) is 4.39 Å². The summed E-state index contributed by atoms with van der Waals surface area (Å²) in [6, 6.07) is 5.84. The maximum Gasteiger partial charge on any atom is 0.254 e. The lowest BCUT2D eigenvalue weighted by molar-refractivity contribution is 0.0270. The summed E-state index contributed by atoms with van der Waals surface area (Å²) in [5.74, 6) is -0.530. The van der Waals surface area contributed by atoms with Crippen molar-refractivity contribution >= 4 is 5.91 Å². The van der Waals surface area contributed by atoms with E-state index >= 15 is 0 Å². The van der Waals surface area contributed by atoms with Crippen molar-refractivity contribution in [2.24, 2.45) is 0 Å². The summed E-state index contributed by atoms with van der Waals surface area (Å²) in [6.45, 7) is 11.9. The van der Waals surface area contributed by atoms with Crippen LogP contribution < -0.4 is 0 Å². The fourth-order valence-corrected chi connectivity index (χ4v) is 2.37. The van der Waals surface area contributed by atoms with Gasteiger partial charge in [-0.2, -0.15) is 0 Å². The first-order chi connectivity index (χ1) is 8.03. The van der Waals surface area contributed by atoms with Gasteiger partial charge < -0.3 is 4.90 Å². The molecule has 3 heteroatoms. The van der Waals surface area contributed by atoms with Crippen molar-refractivity contribution in [1.82, 2.24) is 4.90 Å². The zero-order valence-electron chi connectivity index (χ0n) is 12.0. The molecule has 2 nitrogen and oxygen atoms in total. The Kier molecular flexibility index (Phi) is 3.84. The summed E-state index contributed by atoms with van der Waals surface area (Å²) in [6.07, 6.45) is 0. The number of benzene rings is 1.